The summed E-state index contributed by atoms with van der Waals surface area (Å²) in [6.45, 7) is 5.88. The number of hydrogen-bond acceptors (Lipinski definition) is 3. The average Bonchev–Trinajstić information content (AvgIpc) is 2.20. The van der Waals surface area contributed by atoms with Crippen molar-refractivity contribution in [3.63, 3.8) is 0 Å². The first kappa shape index (κ1) is 14.2. The van der Waals surface area contributed by atoms with E-state index in [-0.39, 0.29) is 11.3 Å². The zero-order valence-electron chi connectivity index (χ0n) is 9.92. The van der Waals surface area contributed by atoms with Crippen LogP contribution in [0.4, 0.5) is 4.39 Å². The van der Waals surface area contributed by atoms with Gasteiger partial charge in [0, 0.05) is 5.56 Å². The van der Waals surface area contributed by atoms with Crippen LogP contribution in [0.1, 0.15) is 10.4 Å². The minimum Gasteiger partial charge on any atom is -0.292 e. The van der Waals surface area contributed by atoms with E-state index in [1.165, 1.54) is 12.1 Å². The van der Waals surface area contributed by atoms with Gasteiger partial charge in [-0.3, -0.25) is 4.79 Å². The summed E-state index contributed by atoms with van der Waals surface area (Å²) in [5.74, 6) is -0.749. The Morgan fingerprint density at radius 3 is 2.47 bits per heavy atom. The van der Waals surface area contributed by atoms with Gasteiger partial charge in [0.25, 0.3) is 0 Å². The summed E-state index contributed by atoms with van der Waals surface area (Å²) in [5, 5.41) is 3.42. The van der Waals surface area contributed by atoms with Crippen molar-refractivity contribution in [2.75, 3.05) is 0 Å². The minimum absolute atomic E-state index is 0.272. The first-order valence-electron chi connectivity index (χ1n) is 5.13. The highest BCUT2D eigenvalue weighted by molar-refractivity contribution is 9.10. The van der Waals surface area contributed by atoms with E-state index in [2.05, 4.69) is 21.0 Å². The predicted octanol–water partition coefficient (Wildman–Crippen LogP) is 4.05. The predicted molar refractivity (Wildman–Crippen MR) is 70.7 cm³/mol. The molecular weight excluding hydrogens is 303 g/mol. The lowest BCUT2D eigenvalue weighted by Gasteiger charge is -2.22. The van der Waals surface area contributed by atoms with Crippen molar-refractivity contribution in [1.29, 1.82) is 5.53 Å². The number of carbonyl (C=O) groups is 1. The number of nitrogens with one attached hydrogen (secondary N) is 1. The van der Waals surface area contributed by atoms with Gasteiger partial charge >= 0.3 is 0 Å². The van der Waals surface area contributed by atoms with Crippen LogP contribution in [0, 0.1) is 11.3 Å². The van der Waals surface area contributed by atoms with Crippen molar-refractivity contribution in [3.05, 3.63) is 34.1 Å². The highest BCUT2D eigenvalue weighted by Crippen LogP contribution is 2.21. The van der Waals surface area contributed by atoms with Crippen LogP contribution in [0.2, 0.25) is 19.6 Å². The fourth-order valence-corrected chi connectivity index (χ4v) is 3.04. The normalized spacial score (nSPS) is 13.2. The Labute approximate surface area is 109 Å². The topological polar surface area (TPSA) is 53.3 Å². The van der Waals surface area contributed by atoms with E-state index in [1.54, 1.807) is 6.07 Å². The summed E-state index contributed by atoms with van der Waals surface area (Å²) in [6.07, 6.45) is 0. The number of hydrogen-bond donors (Lipinski definition) is 1. The largest absolute Gasteiger partial charge is 0.292 e. The second-order valence-electron chi connectivity index (χ2n) is 4.89. The van der Waals surface area contributed by atoms with Crippen LogP contribution in [-0.2, 0) is 0 Å². The molecule has 0 saturated carbocycles. The van der Waals surface area contributed by atoms with Crippen molar-refractivity contribution in [1.82, 2.24) is 0 Å². The highest BCUT2D eigenvalue weighted by atomic mass is 79.9. The van der Waals surface area contributed by atoms with Crippen LogP contribution in [0.25, 0.3) is 0 Å². The number of halogens is 2. The Bertz CT molecular complexity index is 459. The standard InChI is InChI=1S/C11H14BrFN2OSi/c1-17(2,3)11(15-14)10(16)7-4-5-8(12)9(13)6-7/h4-6,11,14H,1-3H3. The summed E-state index contributed by atoms with van der Waals surface area (Å²) in [7, 11) is -1.90. The molecule has 1 unspecified atom stereocenters. The molecule has 1 rings (SSSR count). The summed E-state index contributed by atoms with van der Waals surface area (Å²) < 4.78 is 13.7. The van der Waals surface area contributed by atoms with Crippen LogP contribution in [0.3, 0.4) is 0 Å². The molecule has 1 aromatic carbocycles. The maximum Gasteiger partial charge on any atom is 0.185 e. The van der Waals surface area contributed by atoms with Gasteiger partial charge in [-0.1, -0.05) is 25.7 Å². The zero-order chi connectivity index (χ0) is 13.2. The highest BCUT2D eigenvalue weighted by Gasteiger charge is 2.33. The van der Waals surface area contributed by atoms with Crippen LogP contribution in [-0.4, -0.2) is 19.5 Å². The molecule has 1 aromatic rings. The number of benzene rings is 1. The van der Waals surface area contributed by atoms with Crippen molar-refractivity contribution in [2.45, 2.75) is 25.3 Å². The molecule has 0 aliphatic carbocycles. The summed E-state index contributed by atoms with van der Waals surface area (Å²) in [6, 6.07) is 4.23. The molecule has 0 heterocycles. The fourth-order valence-electron chi connectivity index (χ4n) is 1.45. The lowest BCUT2D eigenvalue weighted by atomic mass is 10.1. The van der Waals surface area contributed by atoms with Gasteiger partial charge in [-0.25, -0.2) is 9.92 Å². The second kappa shape index (κ2) is 5.18. The van der Waals surface area contributed by atoms with Crippen molar-refractivity contribution in [3.8, 4) is 0 Å². The van der Waals surface area contributed by atoms with Gasteiger partial charge in [0.1, 0.15) is 11.5 Å². The van der Waals surface area contributed by atoms with Gasteiger partial charge in [0.05, 0.1) is 12.5 Å². The third-order valence-corrected chi connectivity index (χ3v) is 5.08. The van der Waals surface area contributed by atoms with Gasteiger partial charge in [0.2, 0.25) is 0 Å². The van der Waals surface area contributed by atoms with Crippen LogP contribution >= 0.6 is 15.9 Å². The first-order valence-corrected chi connectivity index (χ1v) is 9.50. The molecule has 6 heteroatoms. The van der Waals surface area contributed by atoms with E-state index in [1.807, 2.05) is 19.6 Å². The molecule has 3 nitrogen and oxygen atoms in total. The summed E-state index contributed by atoms with van der Waals surface area (Å²) in [5.41, 5.74) is 6.75. The van der Waals surface area contributed by atoms with E-state index in [0.29, 0.717) is 4.47 Å². The van der Waals surface area contributed by atoms with Crippen LogP contribution in [0.15, 0.2) is 27.8 Å². The lowest BCUT2D eigenvalue weighted by Crippen LogP contribution is -2.42. The molecule has 0 fully saturated rings. The Hall–Kier alpha value is -0.883. The van der Waals surface area contributed by atoms with E-state index in [9.17, 15) is 9.18 Å². The molecule has 0 radical (unpaired) electrons. The molecule has 0 aliphatic heterocycles. The lowest BCUT2D eigenvalue weighted by molar-refractivity contribution is 0.0982. The Morgan fingerprint density at radius 2 is 2.06 bits per heavy atom. The third kappa shape index (κ3) is 3.29. The maximum absolute atomic E-state index is 13.3. The van der Waals surface area contributed by atoms with Crippen molar-refractivity contribution in [2.24, 2.45) is 5.11 Å². The molecule has 0 aromatic heterocycles. The number of carbonyl (C=O) groups excluding carboxylic acids is 1. The fraction of sp³-hybridized carbons (Fsp3) is 0.364. The SMILES string of the molecule is C[Si](C)(C)C(N=N)C(=O)c1ccc(Br)c(F)c1. The van der Waals surface area contributed by atoms with Gasteiger partial charge < -0.3 is 0 Å². The molecule has 1 N–H and O–H groups in total. The molecule has 0 aliphatic rings. The molecular formula is C11H14BrFN2OSi. The molecule has 17 heavy (non-hydrogen) atoms. The monoisotopic (exact) mass is 316 g/mol. The Balaban J connectivity index is 3.11. The zero-order valence-corrected chi connectivity index (χ0v) is 12.5. The van der Waals surface area contributed by atoms with Crippen molar-refractivity contribution < 1.29 is 9.18 Å². The molecule has 0 amide bonds. The van der Waals surface area contributed by atoms with Crippen molar-refractivity contribution >= 4 is 29.8 Å². The first-order chi connectivity index (χ1) is 7.77. The molecule has 1 atom stereocenters. The van der Waals surface area contributed by atoms with Gasteiger partial charge in [0.15, 0.2) is 5.78 Å². The van der Waals surface area contributed by atoms with E-state index in [4.69, 9.17) is 5.53 Å². The van der Waals surface area contributed by atoms with E-state index >= 15 is 0 Å². The van der Waals surface area contributed by atoms with E-state index in [0.717, 1.165) is 0 Å². The second-order valence-corrected chi connectivity index (χ2v) is 11.0. The molecule has 0 spiro atoms. The molecule has 92 valence electrons. The number of nitrogens with zero attached hydrogens (tertiary/aromatic N) is 1. The summed E-state index contributed by atoms with van der Waals surface area (Å²) >= 11 is 3.03. The number of Topliss-reactive ketones (excluding diaryl/α,β-unsaturated/α-hetero) is 1. The molecule has 0 bridgehead atoms. The van der Waals surface area contributed by atoms with Gasteiger partial charge in [-0.2, -0.15) is 5.11 Å². The maximum atomic E-state index is 13.3. The average molecular weight is 317 g/mol. The quantitative estimate of drug-likeness (QED) is 0.508. The van der Waals surface area contributed by atoms with Gasteiger partial charge in [-0.05, 0) is 28.1 Å². The molecule has 0 saturated heterocycles. The number of ketones is 1. The van der Waals surface area contributed by atoms with Crippen LogP contribution < -0.4 is 0 Å². The number of rotatable bonds is 4. The smallest absolute Gasteiger partial charge is 0.185 e. The van der Waals surface area contributed by atoms with Gasteiger partial charge in [-0.15, -0.1) is 0 Å². The van der Waals surface area contributed by atoms with E-state index < -0.39 is 19.6 Å². The Morgan fingerprint density at radius 1 is 1.47 bits per heavy atom. The third-order valence-electron chi connectivity index (χ3n) is 2.40. The van der Waals surface area contributed by atoms with Crippen LogP contribution in [0.5, 0.6) is 0 Å². The summed E-state index contributed by atoms with van der Waals surface area (Å²) in [4.78, 5) is 12.1. The minimum atomic E-state index is -1.90. The Kier molecular flexibility index (Phi) is 4.32.